The first-order chi connectivity index (χ1) is 7.07. The van der Waals surface area contributed by atoms with Gasteiger partial charge in [0, 0.05) is 18.7 Å². The van der Waals surface area contributed by atoms with Crippen LogP contribution in [0.25, 0.3) is 0 Å². The highest BCUT2D eigenvalue weighted by atomic mass is 16.5. The Morgan fingerprint density at radius 3 is 2.47 bits per heavy atom. The molecular formula is C12H17NO2. The maximum Gasteiger partial charge on any atom is 0.125 e. The van der Waals surface area contributed by atoms with Crippen molar-refractivity contribution in [1.82, 2.24) is 5.32 Å². The van der Waals surface area contributed by atoms with Gasteiger partial charge >= 0.3 is 0 Å². The lowest BCUT2D eigenvalue weighted by molar-refractivity contribution is -0.0170. The minimum Gasteiger partial charge on any atom is -0.496 e. The van der Waals surface area contributed by atoms with Crippen molar-refractivity contribution < 1.29 is 9.84 Å². The quantitative estimate of drug-likeness (QED) is 0.763. The number of benzene rings is 1. The zero-order valence-corrected chi connectivity index (χ0v) is 9.42. The number of β-amino-alcohol motifs (C(OH)–C–C–N with tert-alkyl or cyclic N) is 1. The number of hydrogen-bond donors (Lipinski definition) is 2. The van der Waals surface area contributed by atoms with E-state index in [-0.39, 0.29) is 0 Å². The molecule has 15 heavy (non-hydrogen) atoms. The summed E-state index contributed by atoms with van der Waals surface area (Å²) in [5.74, 6) is 0.788. The van der Waals surface area contributed by atoms with Crippen molar-refractivity contribution in [3.63, 3.8) is 0 Å². The summed E-state index contributed by atoms with van der Waals surface area (Å²) in [6.07, 6.45) is 0. The van der Waals surface area contributed by atoms with Crippen LogP contribution in [0.5, 0.6) is 5.75 Å². The summed E-state index contributed by atoms with van der Waals surface area (Å²) >= 11 is 0. The van der Waals surface area contributed by atoms with E-state index in [9.17, 15) is 5.11 Å². The average molecular weight is 207 g/mol. The van der Waals surface area contributed by atoms with Crippen LogP contribution < -0.4 is 10.1 Å². The maximum absolute atomic E-state index is 10.3. The van der Waals surface area contributed by atoms with Crippen LogP contribution in [0.2, 0.25) is 0 Å². The predicted octanol–water partition coefficient (Wildman–Crippen LogP) is 1.10. The number of aliphatic hydroxyl groups is 1. The molecule has 0 spiro atoms. The number of aryl methyl sites for hydroxylation is 2. The molecule has 0 aliphatic carbocycles. The number of nitrogens with one attached hydrogen (secondary N) is 1. The van der Waals surface area contributed by atoms with E-state index in [0.717, 1.165) is 22.4 Å². The predicted molar refractivity (Wildman–Crippen MR) is 59.2 cm³/mol. The van der Waals surface area contributed by atoms with Gasteiger partial charge in [-0.15, -0.1) is 0 Å². The first-order valence-corrected chi connectivity index (χ1v) is 5.15. The minimum atomic E-state index is -0.747. The third-order valence-corrected chi connectivity index (χ3v) is 2.96. The maximum atomic E-state index is 10.3. The molecule has 1 aromatic rings. The van der Waals surface area contributed by atoms with Gasteiger partial charge in [0.05, 0.1) is 7.11 Å². The standard InChI is InChI=1S/C12H17NO2/c1-8-4-9(2)11(10(5-8)15-3)12(14)6-13-7-12/h4-5,13-14H,6-7H2,1-3H3. The van der Waals surface area contributed by atoms with Crippen LogP contribution in [0.4, 0.5) is 0 Å². The molecule has 0 aromatic heterocycles. The van der Waals surface area contributed by atoms with Gasteiger partial charge in [-0.25, -0.2) is 0 Å². The van der Waals surface area contributed by atoms with E-state index in [1.54, 1.807) is 7.11 Å². The fraction of sp³-hybridized carbons (Fsp3) is 0.500. The van der Waals surface area contributed by atoms with Gasteiger partial charge in [-0.2, -0.15) is 0 Å². The van der Waals surface area contributed by atoms with Gasteiger partial charge in [-0.3, -0.25) is 0 Å². The largest absolute Gasteiger partial charge is 0.496 e. The number of ether oxygens (including phenoxy) is 1. The Bertz CT molecular complexity index is 383. The van der Waals surface area contributed by atoms with E-state index in [0.29, 0.717) is 13.1 Å². The van der Waals surface area contributed by atoms with Crippen LogP contribution >= 0.6 is 0 Å². The van der Waals surface area contributed by atoms with Crippen LogP contribution in [0.3, 0.4) is 0 Å². The second-order valence-corrected chi connectivity index (χ2v) is 4.29. The van der Waals surface area contributed by atoms with Crippen molar-refractivity contribution in [3.8, 4) is 5.75 Å². The van der Waals surface area contributed by atoms with Crippen molar-refractivity contribution in [1.29, 1.82) is 0 Å². The summed E-state index contributed by atoms with van der Waals surface area (Å²) < 4.78 is 5.34. The van der Waals surface area contributed by atoms with Crippen LogP contribution in [0.15, 0.2) is 12.1 Å². The highest BCUT2D eigenvalue weighted by molar-refractivity contribution is 5.48. The Kier molecular flexibility index (Phi) is 2.44. The molecule has 3 heteroatoms. The van der Waals surface area contributed by atoms with Crippen LogP contribution in [-0.4, -0.2) is 25.3 Å². The first-order valence-electron chi connectivity index (χ1n) is 5.15. The van der Waals surface area contributed by atoms with E-state index in [1.807, 2.05) is 19.9 Å². The van der Waals surface area contributed by atoms with E-state index in [2.05, 4.69) is 11.4 Å². The third-order valence-electron chi connectivity index (χ3n) is 2.96. The second kappa shape index (κ2) is 3.51. The summed E-state index contributed by atoms with van der Waals surface area (Å²) in [6.45, 7) is 5.25. The van der Waals surface area contributed by atoms with E-state index in [4.69, 9.17) is 4.74 Å². The van der Waals surface area contributed by atoms with Gasteiger partial charge in [0.15, 0.2) is 0 Å². The van der Waals surface area contributed by atoms with Crippen molar-refractivity contribution >= 4 is 0 Å². The topological polar surface area (TPSA) is 41.5 Å². The molecule has 1 aliphatic heterocycles. The molecule has 1 aromatic carbocycles. The van der Waals surface area contributed by atoms with Crippen LogP contribution in [-0.2, 0) is 5.60 Å². The van der Waals surface area contributed by atoms with E-state index >= 15 is 0 Å². The summed E-state index contributed by atoms with van der Waals surface area (Å²) in [5.41, 5.74) is 2.43. The number of hydrogen-bond acceptors (Lipinski definition) is 3. The second-order valence-electron chi connectivity index (χ2n) is 4.29. The van der Waals surface area contributed by atoms with Gasteiger partial charge in [0.25, 0.3) is 0 Å². The smallest absolute Gasteiger partial charge is 0.125 e. The van der Waals surface area contributed by atoms with Crippen molar-refractivity contribution in [2.24, 2.45) is 0 Å². The van der Waals surface area contributed by atoms with Crippen LogP contribution in [0.1, 0.15) is 16.7 Å². The molecule has 0 amide bonds. The van der Waals surface area contributed by atoms with Crippen molar-refractivity contribution in [2.75, 3.05) is 20.2 Å². The lowest BCUT2D eigenvalue weighted by Gasteiger charge is -2.39. The molecule has 1 saturated heterocycles. The average Bonchev–Trinajstić information content (AvgIpc) is 2.13. The van der Waals surface area contributed by atoms with Gasteiger partial charge in [-0.1, -0.05) is 6.07 Å². The molecule has 2 N–H and O–H groups in total. The molecule has 0 unspecified atom stereocenters. The summed E-state index contributed by atoms with van der Waals surface area (Å²) in [7, 11) is 1.65. The molecular weight excluding hydrogens is 190 g/mol. The summed E-state index contributed by atoms with van der Waals surface area (Å²) in [6, 6.07) is 4.05. The molecule has 82 valence electrons. The Hall–Kier alpha value is -1.06. The number of methoxy groups -OCH3 is 1. The molecule has 0 saturated carbocycles. The van der Waals surface area contributed by atoms with E-state index in [1.165, 1.54) is 0 Å². The normalized spacial score (nSPS) is 18.4. The van der Waals surface area contributed by atoms with Gasteiger partial charge < -0.3 is 15.2 Å². The fourth-order valence-electron chi connectivity index (χ4n) is 2.22. The minimum absolute atomic E-state index is 0.604. The SMILES string of the molecule is COc1cc(C)cc(C)c1C1(O)CNC1. The first kappa shape index (κ1) is 10.5. The molecule has 0 radical (unpaired) electrons. The molecule has 1 fully saturated rings. The highest BCUT2D eigenvalue weighted by Gasteiger charge is 2.39. The molecule has 1 heterocycles. The lowest BCUT2D eigenvalue weighted by atomic mass is 9.84. The molecule has 1 aliphatic rings. The highest BCUT2D eigenvalue weighted by Crippen LogP contribution is 2.36. The molecule has 0 atom stereocenters. The van der Waals surface area contributed by atoms with E-state index < -0.39 is 5.60 Å². The summed E-state index contributed by atoms with van der Waals surface area (Å²) in [4.78, 5) is 0. The number of rotatable bonds is 2. The molecule has 3 nitrogen and oxygen atoms in total. The Balaban J connectivity index is 2.53. The third kappa shape index (κ3) is 1.62. The zero-order chi connectivity index (χ0) is 11.1. The Labute approximate surface area is 90.1 Å². The molecule has 2 rings (SSSR count). The van der Waals surface area contributed by atoms with Gasteiger partial charge in [0.2, 0.25) is 0 Å². The van der Waals surface area contributed by atoms with Gasteiger partial charge in [0.1, 0.15) is 11.4 Å². The Morgan fingerprint density at radius 1 is 1.33 bits per heavy atom. The molecule has 0 bridgehead atoms. The monoisotopic (exact) mass is 207 g/mol. The summed E-state index contributed by atoms with van der Waals surface area (Å²) in [5, 5.41) is 13.4. The fourth-order valence-corrected chi connectivity index (χ4v) is 2.22. The van der Waals surface area contributed by atoms with Crippen molar-refractivity contribution in [3.05, 3.63) is 28.8 Å². The zero-order valence-electron chi connectivity index (χ0n) is 9.42. The van der Waals surface area contributed by atoms with Crippen molar-refractivity contribution in [2.45, 2.75) is 19.4 Å². The van der Waals surface area contributed by atoms with Gasteiger partial charge in [-0.05, 0) is 31.0 Å². The lowest BCUT2D eigenvalue weighted by Crippen LogP contribution is -2.57. The van der Waals surface area contributed by atoms with Crippen LogP contribution in [0, 0.1) is 13.8 Å². The Morgan fingerprint density at radius 2 is 2.00 bits per heavy atom.